The minimum Gasteiger partial charge on any atom is -0.391 e. The number of esters is 2. The quantitative estimate of drug-likeness (QED) is 0.444. The zero-order chi connectivity index (χ0) is 10.6. The molecule has 0 aliphatic carbocycles. The summed E-state index contributed by atoms with van der Waals surface area (Å²) in [6.07, 6.45) is 0.952. The summed E-state index contributed by atoms with van der Waals surface area (Å²) in [5, 5.41) is 0. The Bertz CT molecular complexity index is 212. The first kappa shape index (κ1) is 11.1. The van der Waals surface area contributed by atoms with E-state index in [1.165, 1.54) is 0 Å². The van der Waals surface area contributed by atoms with Crippen LogP contribution < -0.4 is 0 Å². The second-order valence-electron chi connectivity index (χ2n) is 3.71. The molecule has 1 aliphatic heterocycles. The second kappa shape index (κ2) is 5.07. The topological polar surface area (TPSA) is 49.9 Å². The highest BCUT2D eigenvalue weighted by Crippen LogP contribution is 2.00. The van der Waals surface area contributed by atoms with Crippen LogP contribution in [-0.2, 0) is 14.3 Å². The Hall–Kier alpha value is -0.940. The van der Waals surface area contributed by atoms with E-state index < -0.39 is 11.9 Å². The molecule has 1 heterocycles. The molecule has 1 aliphatic rings. The smallest absolute Gasteiger partial charge is 0.327 e. The van der Waals surface area contributed by atoms with Crippen LogP contribution in [0.1, 0.15) is 6.42 Å². The van der Waals surface area contributed by atoms with Crippen molar-refractivity contribution in [2.45, 2.75) is 6.42 Å². The van der Waals surface area contributed by atoms with E-state index in [9.17, 15) is 9.59 Å². The van der Waals surface area contributed by atoms with Crippen molar-refractivity contribution in [3.8, 4) is 0 Å². The lowest BCUT2D eigenvalue weighted by Gasteiger charge is -2.24. The van der Waals surface area contributed by atoms with E-state index in [-0.39, 0.29) is 13.1 Å². The fourth-order valence-corrected chi connectivity index (χ4v) is 1.38. The molecule has 0 bridgehead atoms. The SMILES string of the molecule is CN(C)CCCN1CC(=O)OC(=O)C1. The maximum atomic E-state index is 10.9. The number of carbonyl (C=O) groups excluding carboxylic acids is 2. The number of morpholine rings is 1. The summed E-state index contributed by atoms with van der Waals surface area (Å²) in [6, 6.07) is 0. The third-order valence-corrected chi connectivity index (χ3v) is 2.01. The average Bonchev–Trinajstić information content (AvgIpc) is 2.01. The predicted octanol–water partition coefficient (Wildman–Crippen LogP) is -0.676. The Kier molecular flexibility index (Phi) is 4.03. The molecule has 0 spiro atoms. The monoisotopic (exact) mass is 200 g/mol. The number of rotatable bonds is 4. The Morgan fingerprint density at radius 3 is 2.36 bits per heavy atom. The summed E-state index contributed by atoms with van der Waals surface area (Å²) in [5.74, 6) is -0.878. The molecule has 0 aromatic carbocycles. The van der Waals surface area contributed by atoms with Crippen LogP contribution in [0.2, 0.25) is 0 Å². The molecule has 0 N–H and O–H groups in total. The minimum atomic E-state index is -0.439. The van der Waals surface area contributed by atoms with Crippen molar-refractivity contribution in [3.63, 3.8) is 0 Å². The van der Waals surface area contributed by atoms with Crippen molar-refractivity contribution in [1.82, 2.24) is 9.80 Å². The van der Waals surface area contributed by atoms with Crippen LogP contribution in [0.3, 0.4) is 0 Å². The third kappa shape index (κ3) is 3.85. The van der Waals surface area contributed by atoms with Gasteiger partial charge in [-0.3, -0.25) is 14.5 Å². The first-order chi connectivity index (χ1) is 6.58. The van der Waals surface area contributed by atoms with E-state index in [0.717, 1.165) is 19.5 Å². The first-order valence-electron chi connectivity index (χ1n) is 4.68. The number of hydrogen-bond acceptors (Lipinski definition) is 5. The Morgan fingerprint density at radius 1 is 1.29 bits per heavy atom. The van der Waals surface area contributed by atoms with Gasteiger partial charge in [-0.15, -0.1) is 0 Å². The van der Waals surface area contributed by atoms with Gasteiger partial charge in [-0.25, -0.2) is 0 Å². The molecule has 14 heavy (non-hydrogen) atoms. The zero-order valence-electron chi connectivity index (χ0n) is 8.65. The van der Waals surface area contributed by atoms with E-state index >= 15 is 0 Å². The molecule has 80 valence electrons. The fraction of sp³-hybridized carbons (Fsp3) is 0.778. The number of hydrogen-bond donors (Lipinski definition) is 0. The molecule has 0 aromatic rings. The van der Waals surface area contributed by atoms with Crippen molar-refractivity contribution in [2.24, 2.45) is 0 Å². The van der Waals surface area contributed by atoms with Gasteiger partial charge < -0.3 is 9.64 Å². The normalized spacial score (nSPS) is 18.8. The van der Waals surface area contributed by atoms with E-state index in [1.807, 2.05) is 19.0 Å². The van der Waals surface area contributed by atoms with Gasteiger partial charge in [0.15, 0.2) is 0 Å². The second-order valence-corrected chi connectivity index (χ2v) is 3.71. The number of nitrogens with zero attached hydrogens (tertiary/aromatic N) is 2. The van der Waals surface area contributed by atoms with Gasteiger partial charge >= 0.3 is 11.9 Å². The maximum absolute atomic E-state index is 10.9. The van der Waals surface area contributed by atoms with Gasteiger partial charge in [-0.2, -0.15) is 0 Å². The van der Waals surface area contributed by atoms with Crippen LogP contribution in [0.5, 0.6) is 0 Å². The van der Waals surface area contributed by atoms with E-state index in [1.54, 1.807) is 0 Å². The molecule has 0 saturated carbocycles. The Labute approximate surface area is 83.6 Å². The number of cyclic esters (lactones) is 2. The minimum absolute atomic E-state index is 0.235. The van der Waals surface area contributed by atoms with Crippen molar-refractivity contribution < 1.29 is 14.3 Å². The highest BCUT2D eigenvalue weighted by Gasteiger charge is 2.23. The molecule has 1 saturated heterocycles. The lowest BCUT2D eigenvalue weighted by Crippen LogP contribution is -2.43. The molecule has 0 unspecified atom stereocenters. The summed E-state index contributed by atoms with van der Waals surface area (Å²) >= 11 is 0. The highest BCUT2D eigenvalue weighted by molar-refractivity contribution is 5.90. The fourth-order valence-electron chi connectivity index (χ4n) is 1.38. The van der Waals surface area contributed by atoms with Gasteiger partial charge in [-0.05, 0) is 27.1 Å². The molecule has 5 heteroatoms. The molecular formula is C9H16N2O3. The molecular weight excluding hydrogens is 184 g/mol. The predicted molar refractivity (Wildman–Crippen MR) is 50.7 cm³/mol. The summed E-state index contributed by atoms with van der Waals surface area (Å²) in [7, 11) is 3.99. The van der Waals surface area contributed by atoms with Crippen LogP contribution >= 0.6 is 0 Å². The van der Waals surface area contributed by atoms with E-state index in [0.29, 0.717) is 0 Å². The van der Waals surface area contributed by atoms with Gasteiger partial charge in [0.2, 0.25) is 0 Å². The maximum Gasteiger partial charge on any atom is 0.327 e. The van der Waals surface area contributed by atoms with Crippen molar-refractivity contribution in [3.05, 3.63) is 0 Å². The standard InChI is InChI=1S/C9H16N2O3/c1-10(2)4-3-5-11-6-8(12)14-9(13)7-11/h3-7H2,1-2H3. The first-order valence-corrected chi connectivity index (χ1v) is 4.68. The van der Waals surface area contributed by atoms with E-state index in [2.05, 4.69) is 9.64 Å². The van der Waals surface area contributed by atoms with Crippen LogP contribution in [-0.4, -0.2) is 62.0 Å². The Balaban J connectivity index is 2.23. The summed E-state index contributed by atoms with van der Waals surface area (Å²) < 4.78 is 4.41. The van der Waals surface area contributed by atoms with Crippen LogP contribution in [0.15, 0.2) is 0 Å². The molecule has 5 nitrogen and oxygen atoms in total. The third-order valence-electron chi connectivity index (χ3n) is 2.01. The molecule has 0 atom stereocenters. The zero-order valence-corrected chi connectivity index (χ0v) is 8.65. The van der Waals surface area contributed by atoms with Crippen LogP contribution in [0, 0.1) is 0 Å². The van der Waals surface area contributed by atoms with Gasteiger partial charge in [0.05, 0.1) is 13.1 Å². The van der Waals surface area contributed by atoms with Crippen molar-refractivity contribution in [2.75, 3.05) is 40.3 Å². The summed E-state index contributed by atoms with van der Waals surface area (Å²) in [4.78, 5) is 25.7. The van der Waals surface area contributed by atoms with Gasteiger partial charge in [0.25, 0.3) is 0 Å². The van der Waals surface area contributed by atoms with Gasteiger partial charge in [0.1, 0.15) is 0 Å². The van der Waals surface area contributed by atoms with Gasteiger partial charge in [0, 0.05) is 6.54 Å². The largest absolute Gasteiger partial charge is 0.391 e. The lowest BCUT2D eigenvalue weighted by molar-refractivity contribution is -0.166. The number of carbonyl (C=O) groups is 2. The Morgan fingerprint density at radius 2 is 1.86 bits per heavy atom. The molecule has 0 radical (unpaired) electrons. The number of ether oxygens (including phenoxy) is 1. The summed E-state index contributed by atoms with van der Waals surface area (Å²) in [5.41, 5.74) is 0. The molecule has 1 fully saturated rings. The van der Waals surface area contributed by atoms with Gasteiger partial charge in [-0.1, -0.05) is 0 Å². The van der Waals surface area contributed by atoms with Crippen LogP contribution in [0.25, 0.3) is 0 Å². The van der Waals surface area contributed by atoms with E-state index in [4.69, 9.17) is 0 Å². The van der Waals surface area contributed by atoms with Crippen molar-refractivity contribution in [1.29, 1.82) is 0 Å². The lowest BCUT2D eigenvalue weighted by atomic mass is 10.3. The highest BCUT2D eigenvalue weighted by atomic mass is 16.6. The molecule has 0 aromatic heterocycles. The molecule has 0 amide bonds. The summed E-state index contributed by atoms with van der Waals surface area (Å²) in [6.45, 7) is 2.19. The molecule has 1 rings (SSSR count). The van der Waals surface area contributed by atoms with Crippen LogP contribution in [0.4, 0.5) is 0 Å². The van der Waals surface area contributed by atoms with Crippen molar-refractivity contribution >= 4 is 11.9 Å². The average molecular weight is 200 g/mol.